The van der Waals surface area contributed by atoms with E-state index < -0.39 is 5.60 Å². The lowest BCUT2D eigenvalue weighted by molar-refractivity contribution is -0.120. The minimum atomic E-state index is -1.18. The summed E-state index contributed by atoms with van der Waals surface area (Å²) in [6, 6.07) is 17.2. The monoisotopic (exact) mass is 324 g/mol. The highest BCUT2D eigenvalue weighted by atomic mass is 16.3. The predicted molar refractivity (Wildman–Crippen MR) is 97.1 cm³/mol. The van der Waals surface area contributed by atoms with Crippen molar-refractivity contribution in [3.8, 4) is 0 Å². The molecule has 0 aliphatic carbocycles. The number of amides is 1. The third-order valence-corrected chi connectivity index (χ3v) is 4.50. The van der Waals surface area contributed by atoms with E-state index in [0.29, 0.717) is 0 Å². The zero-order valence-electron chi connectivity index (χ0n) is 14.0. The summed E-state index contributed by atoms with van der Waals surface area (Å²) in [6.07, 6.45) is 2.46. The van der Waals surface area contributed by atoms with Crippen LogP contribution in [0.3, 0.4) is 0 Å². The lowest BCUT2D eigenvalue weighted by atomic mass is 9.92. The number of nitrogens with one attached hydrogen (secondary N) is 1. The van der Waals surface area contributed by atoms with Gasteiger partial charge in [-0.05, 0) is 43.5 Å². The number of aliphatic hydroxyl groups is 1. The van der Waals surface area contributed by atoms with Crippen LogP contribution in [0.25, 0.3) is 0 Å². The van der Waals surface area contributed by atoms with Crippen molar-refractivity contribution in [2.75, 3.05) is 23.3 Å². The second-order valence-electron chi connectivity index (χ2n) is 6.61. The molecule has 1 aliphatic heterocycles. The topological polar surface area (TPSA) is 52.6 Å². The van der Waals surface area contributed by atoms with Gasteiger partial charge < -0.3 is 15.3 Å². The smallest absolute Gasteiger partial charge is 0.227 e. The Labute approximate surface area is 143 Å². The average molecular weight is 324 g/mol. The molecule has 2 N–H and O–H groups in total. The van der Waals surface area contributed by atoms with E-state index in [9.17, 15) is 9.90 Å². The molecule has 0 bridgehead atoms. The first-order valence-corrected chi connectivity index (χ1v) is 8.47. The summed E-state index contributed by atoms with van der Waals surface area (Å²) in [7, 11) is 0. The molecule has 1 aliphatic rings. The standard InChI is InChI=1S/C20H24N2O2/c1-20(24,16-8-3-2-4-9-16)15-19(23)21-17-10-7-11-18(14-17)22-12-5-6-13-22/h2-4,7-11,14,24H,5-6,12-13,15H2,1H3,(H,21,23). The molecule has 0 aromatic heterocycles. The van der Waals surface area contributed by atoms with Gasteiger partial charge in [-0.15, -0.1) is 0 Å². The summed E-state index contributed by atoms with van der Waals surface area (Å²) >= 11 is 0. The maximum Gasteiger partial charge on any atom is 0.227 e. The SMILES string of the molecule is CC(O)(CC(=O)Nc1cccc(N2CCCC2)c1)c1ccccc1. The number of rotatable bonds is 5. The summed E-state index contributed by atoms with van der Waals surface area (Å²) in [5.41, 5.74) is 1.47. The third kappa shape index (κ3) is 3.95. The molecule has 0 radical (unpaired) electrons. The normalized spacial score (nSPS) is 16.7. The Kier molecular flexibility index (Phi) is 4.86. The highest BCUT2D eigenvalue weighted by molar-refractivity contribution is 5.92. The first-order valence-electron chi connectivity index (χ1n) is 8.47. The molecule has 0 spiro atoms. The van der Waals surface area contributed by atoms with Crippen LogP contribution < -0.4 is 10.2 Å². The lowest BCUT2D eigenvalue weighted by Crippen LogP contribution is -2.28. The Bertz CT molecular complexity index is 692. The number of carbonyl (C=O) groups excluding carboxylic acids is 1. The quantitative estimate of drug-likeness (QED) is 0.885. The van der Waals surface area contributed by atoms with Crippen LogP contribution >= 0.6 is 0 Å². The zero-order chi connectivity index (χ0) is 17.0. The van der Waals surface area contributed by atoms with E-state index in [-0.39, 0.29) is 12.3 Å². The highest BCUT2D eigenvalue weighted by Gasteiger charge is 2.26. The highest BCUT2D eigenvalue weighted by Crippen LogP contribution is 2.26. The van der Waals surface area contributed by atoms with Gasteiger partial charge in [-0.1, -0.05) is 36.4 Å². The summed E-state index contributed by atoms with van der Waals surface area (Å²) in [6.45, 7) is 3.81. The molecule has 1 saturated heterocycles. The van der Waals surface area contributed by atoms with E-state index in [1.54, 1.807) is 6.92 Å². The van der Waals surface area contributed by atoms with Crippen LogP contribution in [0.4, 0.5) is 11.4 Å². The van der Waals surface area contributed by atoms with Crippen molar-refractivity contribution in [3.05, 3.63) is 60.2 Å². The molecule has 1 atom stereocenters. The fourth-order valence-electron chi connectivity index (χ4n) is 3.17. The maximum atomic E-state index is 12.3. The minimum Gasteiger partial charge on any atom is -0.385 e. The molecule has 1 fully saturated rings. The van der Waals surface area contributed by atoms with Gasteiger partial charge >= 0.3 is 0 Å². The number of carbonyl (C=O) groups is 1. The van der Waals surface area contributed by atoms with Crippen LogP contribution in [-0.2, 0) is 10.4 Å². The first kappa shape index (κ1) is 16.5. The van der Waals surface area contributed by atoms with Gasteiger partial charge in [-0.25, -0.2) is 0 Å². The number of hydrogen-bond acceptors (Lipinski definition) is 3. The molecular formula is C20H24N2O2. The summed E-state index contributed by atoms with van der Waals surface area (Å²) in [5.74, 6) is -0.192. The van der Waals surface area contributed by atoms with E-state index in [0.717, 1.165) is 30.0 Å². The van der Waals surface area contributed by atoms with Gasteiger partial charge in [0, 0.05) is 24.5 Å². The van der Waals surface area contributed by atoms with Gasteiger partial charge in [0.1, 0.15) is 0 Å². The van der Waals surface area contributed by atoms with Gasteiger partial charge in [0.25, 0.3) is 0 Å². The molecule has 4 heteroatoms. The molecule has 4 nitrogen and oxygen atoms in total. The van der Waals surface area contributed by atoms with Crippen LogP contribution in [0.1, 0.15) is 31.7 Å². The Balaban J connectivity index is 1.65. The zero-order valence-corrected chi connectivity index (χ0v) is 14.0. The van der Waals surface area contributed by atoms with Crippen LogP contribution in [0.2, 0.25) is 0 Å². The summed E-state index contributed by atoms with van der Waals surface area (Å²) < 4.78 is 0. The van der Waals surface area contributed by atoms with Crippen LogP contribution in [-0.4, -0.2) is 24.1 Å². The van der Waals surface area contributed by atoms with Gasteiger partial charge in [0.2, 0.25) is 5.91 Å². The van der Waals surface area contributed by atoms with E-state index in [2.05, 4.69) is 16.3 Å². The fraction of sp³-hybridized carbons (Fsp3) is 0.350. The summed E-state index contributed by atoms with van der Waals surface area (Å²) in [5, 5.41) is 13.5. The Hall–Kier alpha value is -2.33. The van der Waals surface area contributed by atoms with Crippen molar-refractivity contribution in [3.63, 3.8) is 0 Å². The van der Waals surface area contributed by atoms with E-state index in [1.807, 2.05) is 48.5 Å². The van der Waals surface area contributed by atoms with Crippen molar-refractivity contribution >= 4 is 17.3 Å². The maximum absolute atomic E-state index is 12.3. The first-order chi connectivity index (χ1) is 11.5. The lowest BCUT2D eigenvalue weighted by Gasteiger charge is -2.23. The van der Waals surface area contributed by atoms with Crippen molar-refractivity contribution in [1.29, 1.82) is 0 Å². The van der Waals surface area contributed by atoms with Crippen molar-refractivity contribution < 1.29 is 9.90 Å². The molecule has 2 aromatic rings. The molecule has 3 rings (SSSR count). The third-order valence-electron chi connectivity index (χ3n) is 4.50. The molecule has 0 saturated carbocycles. The average Bonchev–Trinajstić information content (AvgIpc) is 3.10. The molecule has 126 valence electrons. The number of benzene rings is 2. The second-order valence-corrected chi connectivity index (χ2v) is 6.61. The van der Waals surface area contributed by atoms with Gasteiger partial charge in [-0.2, -0.15) is 0 Å². The van der Waals surface area contributed by atoms with E-state index >= 15 is 0 Å². The fourth-order valence-corrected chi connectivity index (χ4v) is 3.17. The van der Waals surface area contributed by atoms with Crippen LogP contribution in [0, 0.1) is 0 Å². The molecule has 24 heavy (non-hydrogen) atoms. The largest absolute Gasteiger partial charge is 0.385 e. The van der Waals surface area contributed by atoms with Gasteiger partial charge in [0.15, 0.2) is 0 Å². The van der Waals surface area contributed by atoms with Crippen molar-refractivity contribution in [1.82, 2.24) is 0 Å². The van der Waals surface area contributed by atoms with Crippen LogP contribution in [0.5, 0.6) is 0 Å². The van der Waals surface area contributed by atoms with Gasteiger partial charge in [0.05, 0.1) is 12.0 Å². The molecule has 2 aromatic carbocycles. The number of anilines is 2. The Morgan fingerprint density at radius 1 is 1.12 bits per heavy atom. The number of hydrogen-bond donors (Lipinski definition) is 2. The molecule has 1 heterocycles. The minimum absolute atomic E-state index is 0.0188. The second kappa shape index (κ2) is 7.05. The number of nitrogens with zero attached hydrogens (tertiary/aromatic N) is 1. The van der Waals surface area contributed by atoms with Gasteiger partial charge in [-0.3, -0.25) is 4.79 Å². The summed E-state index contributed by atoms with van der Waals surface area (Å²) in [4.78, 5) is 14.7. The molecule has 1 unspecified atom stereocenters. The van der Waals surface area contributed by atoms with Crippen molar-refractivity contribution in [2.24, 2.45) is 0 Å². The van der Waals surface area contributed by atoms with E-state index in [1.165, 1.54) is 12.8 Å². The molecule has 1 amide bonds. The predicted octanol–water partition coefficient (Wildman–Crippen LogP) is 3.52. The van der Waals surface area contributed by atoms with Crippen LogP contribution in [0.15, 0.2) is 54.6 Å². The Morgan fingerprint density at radius 3 is 2.54 bits per heavy atom. The van der Waals surface area contributed by atoms with Crippen molar-refractivity contribution in [2.45, 2.75) is 31.8 Å². The molecular weight excluding hydrogens is 300 g/mol. The van der Waals surface area contributed by atoms with E-state index in [4.69, 9.17) is 0 Å². The Morgan fingerprint density at radius 2 is 1.83 bits per heavy atom.